The maximum Gasteiger partial charge on any atom is 0.257 e. The molecule has 6 nitrogen and oxygen atoms in total. The lowest BCUT2D eigenvalue weighted by molar-refractivity contribution is 0.102. The van der Waals surface area contributed by atoms with E-state index in [1.165, 1.54) is 0 Å². The van der Waals surface area contributed by atoms with E-state index in [0.29, 0.717) is 5.56 Å². The number of nitrogens with zero attached hydrogens (tertiary/aromatic N) is 3. The van der Waals surface area contributed by atoms with Crippen molar-refractivity contribution in [3.05, 3.63) is 40.5 Å². The molecule has 0 fully saturated rings. The monoisotopic (exact) mass is 285 g/mol. The summed E-state index contributed by atoms with van der Waals surface area (Å²) in [5.74, 6) is -0.114. The number of nitrogens with one attached hydrogen (secondary N) is 2. The molecule has 0 aromatic carbocycles. The number of fused-ring (bicyclic) bond motifs is 1. The largest absolute Gasteiger partial charge is 0.319 e. The van der Waals surface area contributed by atoms with E-state index in [9.17, 15) is 4.79 Å². The Balaban J connectivity index is 1.91. The Kier molecular flexibility index (Phi) is 3.47. The van der Waals surface area contributed by atoms with Crippen molar-refractivity contribution in [2.45, 2.75) is 26.8 Å². The number of amides is 1. The molecule has 0 atom stereocenters. The highest BCUT2D eigenvalue weighted by Crippen LogP contribution is 2.23. The SMILES string of the molecule is Cc1n[nH]c(C)c1NC(=O)c1cncc2c1CCN(C)C2. The van der Waals surface area contributed by atoms with Gasteiger partial charge in [-0.3, -0.25) is 14.9 Å². The lowest BCUT2D eigenvalue weighted by Gasteiger charge is -2.26. The van der Waals surface area contributed by atoms with E-state index in [2.05, 4.69) is 32.4 Å². The number of aromatic nitrogens is 3. The number of carbonyl (C=O) groups is 1. The third kappa shape index (κ3) is 2.54. The van der Waals surface area contributed by atoms with Gasteiger partial charge >= 0.3 is 0 Å². The van der Waals surface area contributed by atoms with Gasteiger partial charge in [0.2, 0.25) is 0 Å². The van der Waals surface area contributed by atoms with Gasteiger partial charge in [0.1, 0.15) is 0 Å². The molecule has 0 bridgehead atoms. The Morgan fingerprint density at radius 3 is 2.90 bits per heavy atom. The summed E-state index contributed by atoms with van der Waals surface area (Å²) in [5, 5.41) is 9.92. The van der Waals surface area contributed by atoms with Gasteiger partial charge in [0, 0.05) is 25.5 Å². The lowest BCUT2D eigenvalue weighted by Crippen LogP contribution is -2.29. The van der Waals surface area contributed by atoms with E-state index < -0.39 is 0 Å². The highest BCUT2D eigenvalue weighted by atomic mass is 16.1. The van der Waals surface area contributed by atoms with Crippen molar-refractivity contribution in [1.82, 2.24) is 20.1 Å². The molecule has 2 aromatic heterocycles. The molecule has 0 spiro atoms. The number of hydrogen-bond donors (Lipinski definition) is 2. The van der Waals surface area contributed by atoms with Crippen LogP contribution in [0.25, 0.3) is 0 Å². The van der Waals surface area contributed by atoms with Gasteiger partial charge in [-0.2, -0.15) is 5.10 Å². The smallest absolute Gasteiger partial charge is 0.257 e. The number of hydrogen-bond acceptors (Lipinski definition) is 4. The predicted molar refractivity (Wildman–Crippen MR) is 80.3 cm³/mol. The molecule has 110 valence electrons. The summed E-state index contributed by atoms with van der Waals surface area (Å²) in [7, 11) is 2.08. The van der Waals surface area contributed by atoms with Crippen LogP contribution in [0, 0.1) is 13.8 Å². The van der Waals surface area contributed by atoms with Crippen LogP contribution in [0.4, 0.5) is 5.69 Å². The zero-order chi connectivity index (χ0) is 15.0. The zero-order valence-corrected chi connectivity index (χ0v) is 12.5. The molecular formula is C15H19N5O. The van der Waals surface area contributed by atoms with Crippen molar-refractivity contribution in [1.29, 1.82) is 0 Å². The summed E-state index contributed by atoms with van der Waals surface area (Å²) in [5.41, 5.74) is 5.32. The second-order valence-electron chi connectivity index (χ2n) is 5.58. The van der Waals surface area contributed by atoms with Crippen LogP contribution in [0.1, 0.15) is 32.9 Å². The van der Waals surface area contributed by atoms with Gasteiger partial charge in [0.25, 0.3) is 5.91 Å². The number of anilines is 1. The van der Waals surface area contributed by atoms with E-state index in [-0.39, 0.29) is 5.91 Å². The maximum atomic E-state index is 12.6. The summed E-state index contributed by atoms with van der Waals surface area (Å²) in [4.78, 5) is 19.0. The molecule has 0 saturated heterocycles. The Hall–Kier alpha value is -2.21. The first kappa shape index (κ1) is 13.8. The second-order valence-corrected chi connectivity index (χ2v) is 5.58. The Bertz CT molecular complexity index is 672. The molecule has 3 rings (SSSR count). The standard InChI is InChI=1S/C15H19N5O/c1-9-14(10(2)19-18-9)17-15(21)13-7-16-6-11-8-20(3)5-4-12(11)13/h6-7H,4-5,8H2,1-3H3,(H,17,21)(H,18,19). The number of aromatic amines is 1. The van der Waals surface area contributed by atoms with Crippen LogP contribution in [-0.4, -0.2) is 39.6 Å². The molecule has 1 aliphatic rings. The summed E-state index contributed by atoms with van der Waals surface area (Å²) in [6, 6.07) is 0. The average molecular weight is 285 g/mol. The first-order valence-electron chi connectivity index (χ1n) is 7.03. The van der Waals surface area contributed by atoms with Crippen LogP contribution >= 0.6 is 0 Å². The fourth-order valence-corrected chi connectivity index (χ4v) is 2.75. The summed E-state index contributed by atoms with van der Waals surface area (Å²) in [6.07, 6.45) is 4.39. The van der Waals surface area contributed by atoms with E-state index >= 15 is 0 Å². The molecule has 1 amide bonds. The maximum absolute atomic E-state index is 12.6. The Morgan fingerprint density at radius 2 is 2.19 bits per heavy atom. The molecule has 3 heterocycles. The minimum atomic E-state index is -0.114. The van der Waals surface area contributed by atoms with Gasteiger partial charge < -0.3 is 10.2 Å². The van der Waals surface area contributed by atoms with Crippen molar-refractivity contribution >= 4 is 11.6 Å². The molecule has 0 radical (unpaired) electrons. The number of carbonyl (C=O) groups excluding carboxylic acids is 1. The molecule has 0 aliphatic carbocycles. The zero-order valence-electron chi connectivity index (χ0n) is 12.5. The highest BCUT2D eigenvalue weighted by molar-refractivity contribution is 6.05. The number of pyridine rings is 1. The van der Waals surface area contributed by atoms with Gasteiger partial charge in [-0.1, -0.05) is 0 Å². The first-order valence-corrected chi connectivity index (χ1v) is 7.03. The van der Waals surface area contributed by atoms with Crippen molar-refractivity contribution in [2.75, 3.05) is 18.9 Å². The van der Waals surface area contributed by atoms with Crippen molar-refractivity contribution in [2.24, 2.45) is 0 Å². The summed E-state index contributed by atoms with van der Waals surface area (Å²) < 4.78 is 0. The molecule has 2 N–H and O–H groups in total. The van der Waals surface area contributed by atoms with Gasteiger partial charge in [-0.15, -0.1) is 0 Å². The number of H-pyrrole nitrogens is 1. The number of likely N-dealkylation sites (N-methyl/N-ethyl adjacent to an activating group) is 1. The minimum Gasteiger partial charge on any atom is -0.319 e. The summed E-state index contributed by atoms with van der Waals surface area (Å²) in [6.45, 7) is 5.56. The normalized spacial score (nSPS) is 14.8. The molecular weight excluding hydrogens is 266 g/mol. The fraction of sp³-hybridized carbons (Fsp3) is 0.400. The van der Waals surface area contributed by atoms with E-state index in [4.69, 9.17) is 0 Å². The molecule has 1 aliphatic heterocycles. The molecule has 21 heavy (non-hydrogen) atoms. The van der Waals surface area contributed by atoms with Crippen molar-refractivity contribution < 1.29 is 4.79 Å². The first-order chi connectivity index (χ1) is 10.1. The number of aryl methyl sites for hydroxylation is 2. The minimum absolute atomic E-state index is 0.114. The van der Waals surface area contributed by atoms with E-state index in [0.717, 1.165) is 47.7 Å². The van der Waals surface area contributed by atoms with Crippen LogP contribution in [0.3, 0.4) is 0 Å². The van der Waals surface area contributed by atoms with Crippen LogP contribution in [0.2, 0.25) is 0 Å². The van der Waals surface area contributed by atoms with Gasteiger partial charge in [-0.05, 0) is 38.4 Å². The Morgan fingerprint density at radius 1 is 1.38 bits per heavy atom. The van der Waals surface area contributed by atoms with E-state index in [1.54, 1.807) is 6.20 Å². The van der Waals surface area contributed by atoms with Crippen molar-refractivity contribution in [3.8, 4) is 0 Å². The summed E-state index contributed by atoms with van der Waals surface area (Å²) >= 11 is 0. The third-order valence-corrected chi connectivity index (χ3v) is 3.94. The topological polar surface area (TPSA) is 73.9 Å². The van der Waals surface area contributed by atoms with Crippen LogP contribution in [-0.2, 0) is 13.0 Å². The van der Waals surface area contributed by atoms with Gasteiger partial charge in [0.15, 0.2) is 0 Å². The molecule has 2 aromatic rings. The average Bonchev–Trinajstić information content (AvgIpc) is 2.78. The highest BCUT2D eigenvalue weighted by Gasteiger charge is 2.21. The second kappa shape index (κ2) is 5.29. The molecule has 0 saturated carbocycles. The molecule has 0 unspecified atom stereocenters. The van der Waals surface area contributed by atoms with Gasteiger partial charge in [0.05, 0.1) is 22.6 Å². The predicted octanol–water partition coefficient (Wildman–Crippen LogP) is 1.66. The third-order valence-electron chi connectivity index (χ3n) is 3.94. The fourth-order valence-electron chi connectivity index (χ4n) is 2.75. The van der Waals surface area contributed by atoms with Crippen molar-refractivity contribution in [3.63, 3.8) is 0 Å². The van der Waals surface area contributed by atoms with Gasteiger partial charge in [-0.25, -0.2) is 0 Å². The van der Waals surface area contributed by atoms with E-state index in [1.807, 2.05) is 20.0 Å². The van der Waals surface area contributed by atoms with Crippen LogP contribution in [0.5, 0.6) is 0 Å². The quantitative estimate of drug-likeness (QED) is 0.880. The van der Waals surface area contributed by atoms with Crippen LogP contribution < -0.4 is 5.32 Å². The Labute approximate surface area is 123 Å². The molecule has 6 heteroatoms. The lowest BCUT2D eigenvalue weighted by atomic mass is 9.97. The van der Waals surface area contributed by atoms with Crippen LogP contribution in [0.15, 0.2) is 12.4 Å². The number of rotatable bonds is 2.